The van der Waals surface area contributed by atoms with E-state index in [4.69, 9.17) is 27.0 Å². The maximum Gasteiger partial charge on any atom is 0.352 e. The van der Waals surface area contributed by atoms with Gasteiger partial charge in [-0.05, 0) is 26.0 Å². The maximum absolute atomic E-state index is 13.5. The standard InChI is InChI=1S/C31H36ClN7O11S2/c1-31(2,29(47)48)50-36-20(17-14-52-30(33)34-17)24(42)35-21-26(44)38-22(28(45)46)15(13-51-27(21)38)12-39(9-4-5-10-39)11-8-37(49-3)25(43)16-6-7-18(40)23(41)19(16)32/h6-7,14,21,27H,4-5,8-13H2,1-3H3,(H6-,33,34,35,36,40,41,42,43,45,46,47,48)/p+1/t21-,27-/m1/s1. The van der Waals surface area contributed by atoms with E-state index in [1.807, 2.05) is 0 Å². The molecule has 1 aromatic carbocycles. The van der Waals surface area contributed by atoms with Crippen LogP contribution in [0, 0.1) is 0 Å². The molecule has 21 heteroatoms. The van der Waals surface area contributed by atoms with Crippen molar-refractivity contribution in [1.82, 2.24) is 20.3 Å². The van der Waals surface area contributed by atoms with Crippen LogP contribution in [0.15, 0.2) is 33.9 Å². The van der Waals surface area contributed by atoms with Crippen LogP contribution in [0.5, 0.6) is 11.5 Å². The highest BCUT2D eigenvalue weighted by atomic mass is 35.5. The number of quaternary nitrogens is 1. The molecule has 5 rings (SSSR count). The first-order valence-corrected chi connectivity index (χ1v) is 18.1. The number of thiazole rings is 1. The highest BCUT2D eigenvalue weighted by Crippen LogP contribution is 2.42. The number of aromatic nitrogens is 1. The first-order chi connectivity index (χ1) is 24.5. The third kappa shape index (κ3) is 7.61. The number of hydrogen-bond acceptors (Lipinski definition) is 14. The number of phenols is 2. The van der Waals surface area contributed by atoms with Crippen molar-refractivity contribution in [2.45, 2.75) is 43.7 Å². The summed E-state index contributed by atoms with van der Waals surface area (Å²) >= 11 is 8.39. The second-order valence-corrected chi connectivity index (χ2v) is 15.2. The molecule has 3 aliphatic heterocycles. The molecular formula is C31H37ClN7O11S2+. The molecule has 280 valence electrons. The first kappa shape index (κ1) is 38.6. The number of aromatic hydroxyl groups is 2. The van der Waals surface area contributed by atoms with Gasteiger partial charge in [-0.2, -0.15) is 0 Å². The number of amides is 3. The number of likely N-dealkylation sites (tertiary alicyclic amines) is 1. The molecule has 7 N–H and O–H groups in total. The number of rotatable bonds is 14. The number of thioether (sulfide) groups is 1. The second kappa shape index (κ2) is 15.2. The average molecular weight is 783 g/mol. The van der Waals surface area contributed by atoms with Crippen molar-refractivity contribution in [2.75, 3.05) is 51.3 Å². The van der Waals surface area contributed by atoms with Crippen LogP contribution in [0.3, 0.4) is 0 Å². The van der Waals surface area contributed by atoms with Gasteiger partial charge in [0.2, 0.25) is 5.60 Å². The largest absolute Gasteiger partial charge is 0.504 e. The SMILES string of the molecule is CON(CC[N+]1(CC2=C(C(=O)O)N3C(=O)[C@@H](NC(=O)/C(=N\OC(C)(C)C(=O)O)c4csc(N)n4)[C@H]3SC2)CCCC1)C(=O)c1ccc(O)c(O)c1Cl. The Morgan fingerprint density at radius 2 is 1.90 bits per heavy atom. The fourth-order valence-electron chi connectivity index (χ4n) is 6.12. The van der Waals surface area contributed by atoms with Gasteiger partial charge in [-0.1, -0.05) is 16.8 Å². The number of nitrogens with one attached hydrogen (secondary N) is 1. The Kier molecular flexibility index (Phi) is 11.2. The number of carbonyl (C=O) groups excluding carboxylic acids is 3. The Morgan fingerprint density at radius 3 is 2.50 bits per heavy atom. The molecular weight excluding hydrogens is 746 g/mol. The molecule has 2 atom stereocenters. The summed E-state index contributed by atoms with van der Waals surface area (Å²) in [4.78, 5) is 80.1. The number of fused-ring (bicyclic) bond motifs is 1. The summed E-state index contributed by atoms with van der Waals surface area (Å²) in [7, 11) is 1.30. The summed E-state index contributed by atoms with van der Waals surface area (Å²) in [5.41, 5.74) is 3.75. The molecule has 0 unspecified atom stereocenters. The maximum atomic E-state index is 13.5. The number of phenolic OH excluding ortho intramolecular Hbond substituents is 2. The van der Waals surface area contributed by atoms with Crippen LogP contribution in [0.25, 0.3) is 0 Å². The molecule has 3 aliphatic rings. The summed E-state index contributed by atoms with van der Waals surface area (Å²) in [5, 5.41) is 47.3. The van der Waals surface area contributed by atoms with Crippen LogP contribution in [0.2, 0.25) is 5.02 Å². The number of carbonyl (C=O) groups is 5. The van der Waals surface area contributed by atoms with Crippen molar-refractivity contribution in [2.24, 2.45) is 5.16 Å². The number of halogens is 1. The number of oxime groups is 1. The normalized spacial score (nSPS) is 19.9. The summed E-state index contributed by atoms with van der Waals surface area (Å²) in [6.07, 6.45) is 1.70. The molecule has 1 aromatic heterocycles. The number of hydrogen-bond donors (Lipinski definition) is 6. The quantitative estimate of drug-likeness (QED) is 0.0522. The van der Waals surface area contributed by atoms with Gasteiger partial charge in [0.1, 0.15) is 29.4 Å². The zero-order valence-electron chi connectivity index (χ0n) is 28.2. The highest BCUT2D eigenvalue weighted by Gasteiger charge is 2.55. The summed E-state index contributed by atoms with van der Waals surface area (Å²) < 4.78 is 0.407. The van der Waals surface area contributed by atoms with Gasteiger partial charge in [-0.3, -0.25) is 24.1 Å². The lowest BCUT2D eigenvalue weighted by Gasteiger charge is -2.50. The number of carboxylic acids is 2. The van der Waals surface area contributed by atoms with Crippen molar-refractivity contribution in [1.29, 1.82) is 0 Å². The number of nitrogens with zero attached hydrogens (tertiary/aromatic N) is 5. The molecule has 0 spiro atoms. The highest BCUT2D eigenvalue weighted by molar-refractivity contribution is 8.00. The first-order valence-electron chi connectivity index (χ1n) is 15.8. The van der Waals surface area contributed by atoms with Crippen LogP contribution >= 0.6 is 34.7 Å². The van der Waals surface area contributed by atoms with Crippen LogP contribution in [0.4, 0.5) is 5.13 Å². The summed E-state index contributed by atoms with van der Waals surface area (Å²) in [5.74, 6) is -5.76. The smallest absolute Gasteiger partial charge is 0.352 e. The lowest BCUT2D eigenvalue weighted by Crippen LogP contribution is -2.71. The molecule has 52 heavy (non-hydrogen) atoms. The van der Waals surface area contributed by atoms with E-state index in [0.717, 1.165) is 40.2 Å². The van der Waals surface area contributed by atoms with Crippen LogP contribution in [-0.4, -0.2) is 138 Å². The van der Waals surface area contributed by atoms with Crippen LogP contribution in [-0.2, 0) is 28.9 Å². The van der Waals surface area contributed by atoms with Gasteiger partial charge in [0, 0.05) is 29.5 Å². The van der Waals surface area contributed by atoms with Gasteiger partial charge in [0.15, 0.2) is 22.3 Å². The third-order valence-corrected chi connectivity index (χ3v) is 11.4. The van der Waals surface area contributed by atoms with Crippen molar-refractivity contribution >= 4 is 75.2 Å². The molecule has 3 amide bonds. The number of β-lactam (4-membered cyclic amide) rings is 1. The Balaban J connectivity index is 1.32. The number of nitrogens with two attached hydrogens (primary N) is 1. The summed E-state index contributed by atoms with van der Waals surface area (Å²) in [6.45, 7) is 4.53. The lowest BCUT2D eigenvalue weighted by atomic mass is 10.0. The third-order valence-electron chi connectivity index (χ3n) is 8.99. The second-order valence-electron chi connectivity index (χ2n) is 12.8. The molecule has 0 aliphatic carbocycles. The lowest BCUT2D eigenvalue weighted by molar-refractivity contribution is -0.912. The number of anilines is 1. The number of benzene rings is 1. The number of hydroxylamine groups is 2. The minimum atomic E-state index is -1.80. The van der Waals surface area contributed by atoms with Crippen molar-refractivity contribution in [3.63, 3.8) is 0 Å². The van der Waals surface area contributed by atoms with Gasteiger partial charge < -0.3 is 40.8 Å². The zero-order valence-corrected chi connectivity index (χ0v) is 30.6. The Bertz CT molecular complexity index is 1860. The van der Waals surface area contributed by atoms with Crippen molar-refractivity contribution in [3.05, 3.63) is 45.1 Å². The monoisotopic (exact) mass is 782 g/mol. The number of aliphatic carboxylic acids is 2. The summed E-state index contributed by atoms with van der Waals surface area (Å²) in [6, 6.07) is 1.27. The Labute approximate surface area is 309 Å². The average Bonchev–Trinajstić information content (AvgIpc) is 3.75. The number of carboxylic acid groups (broad SMARTS) is 2. The van der Waals surface area contributed by atoms with E-state index >= 15 is 0 Å². The Hall–Kier alpha value is -4.63. The van der Waals surface area contributed by atoms with Gasteiger partial charge in [0.25, 0.3) is 17.7 Å². The molecule has 0 radical (unpaired) electrons. The zero-order chi connectivity index (χ0) is 38.1. The molecule has 18 nitrogen and oxygen atoms in total. The molecule has 0 bridgehead atoms. The van der Waals surface area contributed by atoms with Gasteiger partial charge in [0.05, 0.1) is 43.9 Å². The Morgan fingerprint density at radius 1 is 1.21 bits per heavy atom. The van der Waals surface area contributed by atoms with Gasteiger partial charge in [-0.25, -0.2) is 19.6 Å². The van der Waals surface area contributed by atoms with E-state index in [0.29, 0.717) is 29.7 Å². The minimum absolute atomic E-state index is 0.00722. The van der Waals surface area contributed by atoms with Crippen LogP contribution in [0.1, 0.15) is 42.7 Å². The predicted molar refractivity (Wildman–Crippen MR) is 187 cm³/mol. The number of nitrogen functional groups attached to an aromatic ring is 1. The molecule has 2 aromatic rings. The van der Waals surface area contributed by atoms with E-state index in [2.05, 4.69) is 15.5 Å². The van der Waals surface area contributed by atoms with Gasteiger partial charge >= 0.3 is 11.9 Å². The molecule has 4 heterocycles. The fraction of sp³-hybridized carbons (Fsp3) is 0.452. The topological polar surface area (TPSA) is 255 Å². The van der Waals surface area contributed by atoms with E-state index < -0.39 is 63.9 Å². The van der Waals surface area contributed by atoms with Crippen LogP contribution < -0.4 is 11.1 Å². The van der Waals surface area contributed by atoms with Crippen molar-refractivity contribution < 1.29 is 58.6 Å². The fourth-order valence-corrected chi connectivity index (χ4v) is 8.24. The molecule has 2 fully saturated rings. The van der Waals surface area contributed by atoms with E-state index in [1.165, 1.54) is 44.2 Å². The van der Waals surface area contributed by atoms with E-state index in [1.54, 1.807) is 0 Å². The van der Waals surface area contributed by atoms with E-state index in [9.17, 15) is 44.4 Å². The van der Waals surface area contributed by atoms with E-state index in [-0.39, 0.29) is 46.0 Å². The minimum Gasteiger partial charge on any atom is -0.504 e. The molecule has 2 saturated heterocycles. The molecule has 0 saturated carbocycles. The van der Waals surface area contributed by atoms with Gasteiger partial charge in [-0.15, -0.1) is 23.1 Å². The predicted octanol–water partition coefficient (Wildman–Crippen LogP) is 1.43. The van der Waals surface area contributed by atoms with Crippen molar-refractivity contribution in [3.8, 4) is 11.5 Å².